The number of nitrogens with two attached hydrogens (primary N) is 1. The first-order valence-corrected chi connectivity index (χ1v) is 5.28. The minimum Gasteiger partial charge on any atom is -0.382 e. The maximum atomic E-state index is 11.7. The molecule has 6 heteroatoms. The summed E-state index contributed by atoms with van der Waals surface area (Å²) in [6.07, 6.45) is 0.846. The molecule has 0 atom stereocenters. The van der Waals surface area contributed by atoms with Crippen LogP contribution in [0.2, 0.25) is 0 Å². The summed E-state index contributed by atoms with van der Waals surface area (Å²) < 4.78 is 0. The van der Waals surface area contributed by atoms with Crippen molar-refractivity contribution < 1.29 is 4.79 Å². The fourth-order valence-corrected chi connectivity index (χ4v) is 1.44. The second-order valence-electron chi connectivity index (χ2n) is 3.89. The zero-order valence-electron chi connectivity index (χ0n) is 10.2. The van der Waals surface area contributed by atoms with E-state index in [-0.39, 0.29) is 17.7 Å². The topological polar surface area (TPSA) is 107 Å². The molecule has 1 aromatic heterocycles. The van der Waals surface area contributed by atoms with Gasteiger partial charge in [0, 0.05) is 12.7 Å². The lowest BCUT2D eigenvalue weighted by Crippen LogP contribution is -2.23. The van der Waals surface area contributed by atoms with Gasteiger partial charge in [-0.05, 0) is 12.0 Å². The van der Waals surface area contributed by atoms with Crippen LogP contribution < -0.4 is 11.1 Å². The number of rotatable bonds is 4. The van der Waals surface area contributed by atoms with E-state index in [0.717, 1.165) is 12.0 Å². The molecule has 0 saturated heterocycles. The molecule has 0 radical (unpaired) electrons. The molecule has 0 aliphatic heterocycles. The van der Waals surface area contributed by atoms with Crippen LogP contribution in [0.4, 0.5) is 0 Å². The van der Waals surface area contributed by atoms with Gasteiger partial charge in [-0.25, -0.2) is 4.99 Å². The van der Waals surface area contributed by atoms with Crippen LogP contribution in [0.15, 0.2) is 11.1 Å². The first-order chi connectivity index (χ1) is 8.01. The van der Waals surface area contributed by atoms with Crippen LogP contribution in [0.3, 0.4) is 0 Å². The van der Waals surface area contributed by atoms with Crippen molar-refractivity contribution >= 4 is 18.1 Å². The van der Waals surface area contributed by atoms with Crippen LogP contribution >= 0.6 is 0 Å². The van der Waals surface area contributed by atoms with E-state index in [1.54, 1.807) is 13.1 Å². The van der Waals surface area contributed by atoms with Gasteiger partial charge < -0.3 is 16.0 Å². The second kappa shape index (κ2) is 5.29. The maximum Gasteiger partial charge on any atom is 0.253 e. The highest BCUT2D eigenvalue weighted by atomic mass is 16.1. The maximum absolute atomic E-state index is 11.7. The van der Waals surface area contributed by atoms with Gasteiger partial charge in [0.05, 0.1) is 11.3 Å². The summed E-state index contributed by atoms with van der Waals surface area (Å²) in [4.78, 5) is 18.4. The SMILES string of the molecule is CNC(=O)c1cc(C(C)C)[nH]c1C(N)=NC=N. The average molecular weight is 235 g/mol. The Kier molecular flexibility index (Phi) is 4.03. The summed E-state index contributed by atoms with van der Waals surface area (Å²) in [7, 11) is 1.55. The normalized spacial score (nSPS) is 11.6. The van der Waals surface area contributed by atoms with Gasteiger partial charge in [0.1, 0.15) is 12.2 Å². The van der Waals surface area contributed by atoms with Crippen molar-refractivity contribution in [3.8, 4) is 0 Å². The Morgan fingerprint density at radius 3 is 2.76 bits per heavy atom. The molecule has 1 aromatic rings. The third-order valence-electron chi connectivity index (χ3n) is 2.39. The smallest absolute Gasteiger partial charge is 0.253 e. The van der Waals surface area contributed by atoms with Crippen LogP contribution in [0, 0.1) is 5.41 Å². The minimum absolute atomic E-state index is 0.130. The minimum atomic E-state index is -0.230. The van der Waals surface area contributed by atoms with E-state index in [0.29, 0.717) is 11.3 Å². The molecule has 6 nitrogen and oxygen atoms in total. The van der Waals surface area contributed by atoms with Gasteiger partial charge >= 0.3 is 0 Å². The van der Waals surface area contributed by atoms with E-state index < -0.39 is 0 Å². The van der Waals surface area contributed by atoms with Crippen molar-refractivity contribution in [1.82, 2.24) is 10.3 Å². The van der Waals surface area contributed by atoms with Crippen molar-refractivity contribution in [2.75, 3.05) is 7.05 Å². The van der Waals surface area contributed by atoms with Gasteiger partial charge in [-0.15, -0.1) is 0 Å². The second-order valence-corrected chi connectivity index (χ2v) is 3.89. The molecular formula is C11H17N5O. The molecule has 0 saturated carbocycles. The largest absolute Gasteiger partial charge is 0.382 e. The summed E-state index contributed by atoms with van der Waals surface area (Å²) in [5, 5.41) is 9.43. The molecule has 0 unspecified atom stereocenters. The number of amides is 1. The third kappa shape index (κ3) is 2.72. The molecule has 0 bridgehead atoms. The first-order valence-electron chi connectivity index (χ1n) is 5.28. The summed E-state index contributed by atoms with van der Waals surface area (Å²) in [6, 6.07) is 1.76. The number of hydrogen-bond acceptors (Lipinski definition) is 2. The lowest BCUT2D eigenvalue weighted by atomic mass is 10.1. The van der Waals surface area contributed by atoms with Crippen molar-refractivity contribution in [1.29, 1.82) is 5.41 Å². The highest BCUT2D eigenvalue weighted by Gasteiger charge is 2.18. The zero-order chi connectivity index (χ0) is 13.0. The van der Waals surface area contributed by atoms with E-state index in [9.17, 15) is 4.79 Å². The van der Waals surface area contributed by atoms with Gasteiger partial charge in [-0.1, -0.05) is 13.8 Å². The van der Waals surface area contributed by atoms with Crippen LogP contribution in [0.1, 0.15) is 41.5 Å². The molecule has 1 amide bonds. The van der Waals surface area contributed by atoms with Crippen molar-refractivity contribution in [3.63, 3.8) is 0 Å². The number of H-pyrrole nitrogens is 1. The van der Waals surface area contributed by atoms with Crippen molar-refractivity contribution in [2.24, 2.45) is 10.7 Å². The van der Waals surface area contributed by atoms with Gasteiger partial charge in [0.15, 0.2) is 0 Å². The van der Waals surface area contributed by atoms with E-state index in [1.807, 2.05) is 13.8 Å². The van der Waals surface area contributed by atoms with Crippen LogP contribution in [-0.4, -0.2) is 30.1 Å². The molecule has 5 N–H and O–H groups in total. The third-order valence-corrected chi connectivity index (χ3v) is 2.39. The lowest BCUT2D eigenvalue weighted by molar-refractivity contribution is 0.0963. The number of aromatic nitrogens is 1. The number of hydrogen-bond donors (Lipinski definition) is 4. The summed E-state index contributed by atoms with van der Waals surface area (Å²) in [6.45, 7) is 4.01. The molecule has 17 heavy (non-hydrogen) atoms. The van der Waals surface area contributed by atoms with E-state index in [2.05, 4.69) is 15.3 Å². The predicted molar refractivity (Wildman–Crippen MR) is 67.8 cm³/mol. The Hall–Kier alpha value is -2.11. The molecule has 0 aliphatic rings. The number of aliphatic imine (C=N–C) groups is 1. The number of nitrogens with zero attached hydrogens (tertiary/aromatic N) is 1. The Bertz CT molecular complexity index is 458. The van der Waals surface area contributed by atoms with Crippen LogP contribution in [0.25, 0.3) is 0 Å². The molecule has 0 fully saturated rings. The lowest BCUT2D eigenvalue weighted by Gasteiger charge is -2.01. The number of carbonyl (C=O) groups excluding carboxylic acids is 1. The zero-order valence-corrected chi connectivity index (χ0v) is 10.2. The number of nitrogens with one attached hydrogen (secondary N) is 3. The van der Waals surface area contributed by atoms with E-state index in [4.69, 9.17) is 11.1 Å². The monoisotopic (exact) mass is 235 g/mol. The number of amidine groups is 1. The molecule has 0 aromatic carbocycles. The van der Waals surface area contributed by atoms with E-state index in [1.165, 1.54) is 0 Å². The molecule has 92 valence electrons. The molecular weight excluding hydrogens is 218 g/mol. The highest BCUT2D eigenvalue weighted by molar-refractivity contribution is 6.09. The van der Waals surface area contributed by atoms with Crippen LogP contribution in [-0.2, 0) is 0 Å². The molecule has 0 aliphatic carbocycles. The van der Waals surface area contributed by atoms with Crippen molar-refractivity contribution in [2.45, 2.75) is 19.8 Å². The van der Waals surface area contributed by atoms with E-state index >= 15 is 0 Å². The summed E-state index contributed by atoms with van der Waals surface area (Å²) in [5.74, 6) is 0.150. The Labute approximate surface area is 99.8 Å². The quantitative estimate of drug-likeness (QED) is 0.458. The fraction of sp³-hybridized carbons (Fsp3) is 0.364. The summed E-state index contributed by atoms with van der Waals surface area (Å²) >= 11 is 0. The van der Waals surface area contributed by atoms with Gasteiger partial charge in [-0.3, -0.25) is 10.2 Å². The van der Waals surface area contributed by atoms with Gasteiger partial charge in [-0.2, -0.15) is 0 Å². The van der Waals surface area contributed by atoms with Gasteiger partial charge in [0.2, 0.25) is 0 Å². The molecule has 0 spiro atoms. The highest BCUT2D eigenvalue weighted by Crippen LogP contribution is 2.18. The molecule has 1 rings (SSSR count). The molecule has 1 heterocycles. The number of carbonyl (C=O) groups is 1. The average Bonchev–Trinajstić information content (AvgIpc) is 2.73. The number of aromatic amines is 1. The van der Waals surface area contributed by atoms with Gasteiger partial charge in [0.25, 0.3) is 5.91 Å². The Morgan fingerprint density at radius 2 is 2.29 bits per heavy atom. The predicted octanol–water partition coefficient (Wildman–Crippen LogP) is 0.810. The Morgan fingerprint density at radius 1 is 1.65 bits per heavy atom. The standard InChI is InChI=1S/C11H17N5O/c1-6(2)8-4-7(11(17)14-3)9(16-8)10(13)15-5-12/h4-6,16H,1-3H3,(H,14,17)(H3,12,13,15). The summed E-state index contributed by atoms with van der Waals surface area (Å²) in [5.41, 5.74) is 7.50. The van der Waals surface area contributed by atoms with Crippen molar-refractivity contribution in [3.05, 3.63) is 23.0 Å². The fourth-order valence-electron chi connectivity index (χ4n) is 1.44. The first kappa shape index (κ1) is 13.0. The van der Waals surface area contributed by atoms with Crippen LogP contribution in [0.5, 0.6) is 0 Å². The Balaban J connectivity index is 3.30.